The van der Waals surface area contributed by atoms with E-state index >= 15 is 0 Å². The van der Waals surface area contributed by atoms with Gasteiger partial charge in [0.15, 0.2) is 0 Å². The highest BCUT2D eigenvalue weighted by Gasteiger charge is 2.28. The van der Waals surface area contributed by atoms with Crippen LogP contribution in [0.1, 0.15) is 39.5 Å². The van der Waals surface area contributed by atoms with Gasteiger partial charge >= 0.3 is 6.03 Å². The summed E-state index contributed by atoms with van der Waals surface area (Å²) in [6, 6.07) is -0.228. The second kappa shape index (κ2) is 6.84. The van der Waals surface area contributed by atoms with E-state index < -0.39 is 6.03 Å². The minimum Gasteiger partial charge on any atom is -0.335 e. The van der Waals surface area contributed by atoms with E-state index in [9.17, 15) is 9.59 Å². The summed E-state index contributed by atoms with van der Waals surface area (Å²) in [6.45, 7) is 4.35. The Balaban J connectivity index is 2.37. The molecule has 0 radical (unpaired) electrons. The molecule has 3 amide bonds. The topological polar surface area (TPSA) is 58.2 Å². The highest BCUT2D eigenvalue weighted by atomic mass is 35.5. The van der Waals surface area contributed by atoms with Crippen molar-refractivity contribution in [3.63, 3.8) is 0 Å². The zero-order valence-corrected chi connectivity index (χ0v) is 11.2. The molecule has 98 valence electrons. The van der Waals surface area contributed by atoms with Crippen LogP contribution in [0.15, 0.2) is 0 Å². The van der Waals surface area contributed by atoms with Crippen molar-refractivity contribution in [2.45, 2.75) is 45.6 Å². The highest BCUT2D eigenvalue weighted by Crippen LogP contribution is 2.29. The minimum atomic E-state index is -0.397. The Hall–Kier alpha value is -0.770. The summed E-state index contributed by atoms with van der Waals surface area (Å²) >= 11 is 5.42. The highest BCUT2D eigenvalue weighted by molar-refractivity contribution is 6.19. The summed E-state index contributed by atoms with van der Waals surface area (Å²) in [7, 11) is 0. The Morgan fingerprint density at radius 2 is 2.00 bits per heavy atom. The third-order valence-corrected chi connectivity index (χ3v) is 3.79. The molecule has 1 fully saturated rings. The van der Waals surface area contributed by atoms with Gasteiger partial charge in [-0.2, -0.15) is 0 Å². The van der Waals surface area contributed by atoms with E-state index in [1.165, 1.54) is 6.42 Å². The van der Waals surface area contributed by atoms with Crippen molar-refractivity contribution in [1.82, 2.24) is 10.6 Å². The van der Waals surface area contributed by atoms with E-state index in [1.54, 1.807) is 0 Å². The van der Waals surface area contributed by atoms with Gasteiger partial charge < -0.3 is 5.32 Å². The first-order valence-corrected chi connectivity index (χ1v) is 6.74. The van der Waals surface area contributed by atoms with Gasteiger partial charge in [0.05, 0.1) is 0 Å². The molecule has 5 heteroatoms. The van der Waals surface area contributed by atoms with Gasteiger partial charge in [-0.1, -0.05) is 26.7 Å². The number of imide groups is 1. The van der Waals surface area contributed by atoms with E-state index in [0.29, 0.717) is 11.8 Å². The maximum atomic E-state index is 11.6. The number of halogens is 1. The normalized spacial score (nSPS) is 28.5. The van der Waals surface area contributed by atoms with Crippen LogP contribution in [0.4, 0.5) is 4.79 Å². The number of amides is 3. The summed E-state index contributed by atoms with van der Waals surface area (Å²) in [6.07, 6.45) is 3.51. The van der Waals surface area contributed by atoms with E-state index in [4.69, 9.17) is 11.6 Å². The molecule has 1 aliphatic rings. The molecule has 0 aromatic carbocycles. The van der Waals surface area contributed by atoms with Crippen LogP contribution in [0.3, 0.4) is 0 Å². The van der Waals surface area contributed by atoms with Gasteiger partial charge in [0, 0.05) is 18.3 Å². The van der Waals surface area contributed by atoms with Crippen molar-refractivity contribution >= 4 is 23.5 Å². The molecule has 0 bridgehead atoms. The zero-order chi connectivity index (χ0) is 12.8. The number of carbonyl (C=O) groups excluding carboxylic acids is 2. The number of alkyl halides is 1. The monoisotopic (exact) mass is 260 g/mol. The number of hydrogen-bond acceptors (Lipinski definition) is 2. The number of nitrogens with one attached hydrogen (secondary N) is 2. The van der Waals surface area contributed by atoms with Crippen LogP contribution in [-0.2, 0) is 4.79 Å². The van der Waals surface area contributed by atoms with Crippen LogP contribution < -0.4 is 10.6 Å². The lowest BCUT2D eigenvalue weighted by molar-refractivity contribution is -0.119. The molecule has 0 heterocycles. The molecule has 1 aliphatic carbocycles. The Labute approximate surface area is 107 Å². The molecular weight excluding hydrogens is 240 g/mol. The standard InChI is InChI=1S/C12H21ClN2O2/c1-8-4-3-5-10(9(8)2)14-12(17)15-11(16)6-7-13/h8-10H,3-7H2,1-2H3,(H2,14,15,16,17). The number of carbonyl (C=O) groups is 2. The first-order chi connectivity index (χ1) is 8.04. The van der Waals surface area contributed by atoms with Crippen molar-refractivity contribution in [2.24, 2.45) is 11.8 Å². The predicted octanol–water partition coefficient (Wildman–Crippen LogP) is 2.27. The molecule has 0 saturated heterocycles. The Kier molecular flexibility index (Phi) is 5.75. The molecule has 17 heavy (non-hydrogen) atoms. The van der Waals surface area contributed by atoms with Crippen LogP contribution in [0.5, 0.6) is 0 Å². The summed E-state index contributed by atoms with van der Waals surface area (Å²) in [5.41, 5.74) is 0. The molecule has 0 aromatic rings. The van der Waals surface area contributed by atoms with E-state index in [-0.39, 0.29) is 24.2 Å². The number of urea groups is 1. The maximum Gasteiger partial charge on any atom is 0.321 e. The fraction of sp³-hybridized carbons (Fsp3) is 0.833. The van der Waals surface area contributed by atoms with Gasteiger partial charge in [0.1, 0.15) is 0 Å². The van der Waals surface area contributed by atoms with Crippen LogP contribution in [0.2, 0.25) is 0 Å². The lowest BCUT2D eigenvalue weighted by Gasteiger charge is -2.34. The van der Waals surface area contributed by atoms with Gasteiger partial charge in [-0.15, -0.1) is 11.6 Å². The molecule has 1 saturated carbocycles. The van der Waals surface area contributed by atoms with Gasteiger partial charge in [-0.3, -0.25) is 10.1 Å². The largest absolute Gasteiger partial charge is 0.335 e. The van der Waals surface area contributed by atoms with E-state index in [2.05, 4.69) is 24.5 Å². The molecule has 4 nitrogen and oxygen atoms in total. The van der Waals surface area contributed by atoms with Crippen LogP contribution >= 0.6 is 11.6 Å². The summed E-state index contributed by atoms with van der Waals surface area (Å²) < 4.78 is 0. The number of rotatable bonds is 3. The van der Waals surface area contributed by atoms with Gasteiger partial charge in [-0.25, -0.2) is 4.79 Å². The van der Waals surface area contributed by atoms with Crippen molar-refractivity contribution in [2.75, 3.05) is 5.88 Å². The number of hydrogen-bond donors (Lipinski definition) is 2. The van der Waals surface area contributed by atoms with Crippen LogP contribution in [-0.4, -0.2) is 23.9 Å². The van der Waals surface area contributed by atoms with Crippen LogP contribution in [0.25, 0.3) is 0 Å². The van der Waals surface area contributed by atoms with E-state index in [1.807, 2.05) is 0 Å². The smallest absolute Gasteiger partial charge is 0.321 e. The summed E-state index contributed by atoms with van der Waals surface area (Å²) in [4.78, 5) is 22.7. The predicted molar refractivity (Wildman–Crippen MR) is 68.0 cm³/mol. The van der Waals surface area contributed by atoms with Crippen molar-refractivity contribution in [3.8, 4) is 0 Å². The second-order valence-corrected chi connectivity index (χ2v) is 5.21. The van der Waals surface area contributed by atoms with Crippen LogP contribution in [0, 0.1) is 11.8 Å². The lowest BCUT2D eigenvalue weighted by Crippen LogP contribution is -2.49. The fourth-order valence-electron chi connectivity index (χ4n) is 2.27. The SMILES string of the molecule is CC1CCCC(NC(=O)NC(=O)CCCl)C1C. The molecule has 0 aromatic heterocycles. The molecule has 0 spiro atoms. The molecular formula is C12H21ClN2O2. The minimum absolute atomic E-state index is 0.169. The second-order valence-electron chi connectivity index (χ2n) is 4.83. The third kappa shape index (κ3) is 4.54. The Morgan fingerprint density at radius 3 is 2.65 bits per heavy atom. The zero-order valence-electron chi connectivity index (χ0n) is 10.5. The molecule has 0 aliphatic heterocycles. The maximum absolute atomic E-state index is 11.6. The van der Waals surface area contributed by atoms with Gasteiger partial charge in [-0.05, 0) is 18.3 Å². The average Bonchev–Trinajstić information content (AvgIpc) is 2.25. The van der Waals surface area contributed by atoms with Crippen molar-refractivity contribution in [1.29, 1.82) is 0 Å². The Morgan fingerprint density at radius 1 is 1.29 bits per heavy atom. The molecule has 3 atom stereocenters. The Bertz CT molecular complexity index is 284. The van der Waals surface area contributed by atoms with Gasteiger partial charge in [0.2, 0.25) is 5.91 Å². The quantitative estimate of drug-likeness (QED) is 0.765. The first kappa shape index (κ1) is 14.3. The van der Waals surface area contributed by atoms with Crippen molar-refractivity contribution < 1.29 is 9.59 Å². The summed E-state index contributed by atoms with van der Waals surface area (Å²) in [5.74, 6) is 0.981. The van der Waals surface area contributed by atoms with Gasteiger partial charge in [0.25, 0.3) is 0 Å². The van der Waals surface area contributed by atoms with E-state index in [0.717, 1.165) is 12.8 Å². The van der Waals surface area contributed by atoms with Crippen molar-refractivity contribution in [3.05, 3.63) is 0 Å². The molecule has 1 rings (SSSR count). The third-order valence-electron chi connectivity index (χ3n) is 3.60. The molecule has 3 unspecified atom stereocenters. The average molecular weight is 261 g/mol. The summed E-state index contributed by atoms with van der Waals surface area (Å²) in [5, 5.41) is 5.16. The molecule has 2 N–H and O–H groups in total. The lowest BCUT2D eigenvalue weighted by atomic mass is 9.78. The fourth-order valence-corrected chi connectivity index (χ4v) is 2.44. The first-order valence-electron chi connectivity index (χ1n) is 6.21.